The molecule has 7 nitrogen and oxygen atoms in total. The van der Waals surface area contributed by atoms with E-state index in [9.17, 15) is 14.4 Å². The van der Waals surface area contributed by atoms with Gasteiger partial charge in [0.1, 0.15) is 12.1 Å². The summed E-state index contributed by atoms with van der Waals surface area (Å²) in [7, 11) is 0. The van der Waals surface area contributed by atoms with Crippen LogP contribution in [0.15, 0.2) is 24.5 Å². The molecule has 1 aliphatic rings. The molecule has 0 unspecified atom stereocenters. The highest BCUT2D eigenvalue weighted by Crippen LogP contribution is 2.25. The summed E-state index contributed by atoms with van der Waals surface area (Å²) in [5.41, 5.74) is 0.914. The minimum Gasteiger partial charge on any atom is -0.298 e. The summed E-state index contributed by atoms with van der Waals surface area (Å²) in [5.74, 6) is 0.0851. The van der Waals surface area contributed by atoms with Crippen LogP contribution in [0.2, 0.25) is 0 Å². The molecule has 3 amide bonds. The van der Waals surface area contributed by atoms with Gasteiger partial charge in [0.05, 0.1) is 5.52 Å². The Hall–Kier alpha value is -2.83. The van der Waals surface area contributed by atoms with Gasteiger partial charge in [-0.15, -0.1) is 0 Å². The molecule has 1 N–H and O–H groups in total. The number of hydrogen-bond acceptors (Lipinski definition) is 5. The van der Waals surface area contributed by atoms with Crippen LogP contribution in [-0.4, -0.2) is 34.7 Å². The quantitative estimate of drug-likeness (QED) is 0.818. The van der Waals surface area contributed by atoms with E-state index in [1.54, 1.807) is 18.2 Å². The van der Waals surface area contributed by atoms with Crippen molar-refractivity contribution in [2.75, 3.05) is 11.4 Å². The fourth-order valence-electron chi connectivity index (χ4n) is 2.17. The van der Waals surface area contributed by atoms with Crippen LogP contribution in [0, 0.1) is 0 Å². The molecule has 0 spiro atoms. The molecule has 3 rings (SSSR count). The summed E-state index contributed by atoms with van der Waals surface area (Å²) < 4.78 is 0. The Bertz CT molecular complexity index is 729. The second-order valence-corrected chi connectivity index (χ2v) is 4.31. The molecule has 0 saturated carbocycles. The molecule has 100 valence electrons. The zero-order valence-electron chi connectivity index (χ0n) is 10.4. The number of carbonyl (C=O) groups excluding carboxylic acids is 3. The van der Waals surface area contributed by atoms with Crippen molar-refractivity contribution in [2.45, 2.75) is 6.42 Å². The number of para-hydroxylation sites is 1. The Kier molecular flexibility index (Phi) is 2.86. The predicted octanol–water partition coefficient (Wildman–Crippen LogP) is 0.889. The van der Waals surface area contributed by atoms with Crippen LogP contribution in [0.1, 0.15) is 16.8 Å². The standard InChI is InChI=1S/C13H10N4O3/c18-6-8-2-1-3-9-11(8)14-7-15-12(9)17-5-4-10(19)16-13(17)20/h1-3,6-7H,4-5H2,(H,16,19,20). The molecule has 0 atom stereocenters. The maximum Gasteiger partial charge on any atom is 0.329 e. The van der Waals surface area contributed by atoms with Crippen LogP contribution in [0.25, 0.3) is 10.9 Å². The van der Waals surface area contributed by atoms with Crippen molar-refractivity contribution < 1.29 is 14.4 Å². The molecular formula is C13H10N4O3. The average Bonchev–Trinajstić information content (AvgIpc) is 2.46. The van der Waals surface area contributed by atoms with E-state index < -0.39 is 6.03 Å². The molecule has 2 heterocycles. The number of urea groups is 1. The van der Waals surface area contributed by atoms with Crippen molar-refractivity contribution in [3.8, 4) is 0 Å². The molecule has 1 fully saturated rings. The van der Waals surface area contributed by atoms with Crippen LogP contribution >= 0.6 is 0 Å². The summed E-state index contributed by atoms with van der Waals surface area (Å²) >= 11 is 0. The summed E-state index contributed by atoms with van der Waals surface area (Å²) in [6.07, 6.45) is 2.22. The third-order valence-corrected chi connectivity index (χ3v) is 3.11. The number of anilines is 1. The molecule has 1 aliphatic heterocycles. The highest BCUT2D eigenvalue weighted by Gasteiger charge is 2.26. The summed E-state index contributed by atoms with van der Waals surface area (Å²) in [5, 5.41) is 2.84. The van der Waals surface area contributed by atoms with Crippen molar-refractivity contribution >= 4 is 34.9 Å². The van der Waals surface area contributed by atoms with E-state index >= 15 is 0 Å². The highest BCUT2D eigenvalue weighted by atomic mass is 16.2. The number of benzene rings is 1. The van der Waals surface area contributed by atoms with E-state index in [2.05, 4.69) is 15.3 Å². The molecule has 1 aromatic carbocycles. The molecular weight excluding hydrogens is 260 g/mol. The van der Waals surface area contributed by atoms with Gasteiger partial charge in [0.25, 0.3) is 0 Å². The molecule has 1 aromatic heterocycles. The molecule has 1 saturated heterocycles. The van der Waals surface area contributed by atoms with Crippen LogP contribution in [-0.2, 0) is 4.79 Å². The monoisotopic (exact) mass is 270 g/mol. The van der Waals surface area contributed by atoms with Crippen LogP contribution in [0.5, 0.6) is 0 Å². The second-order valence-electron chi connectivity index (χ2n) is 4.31. The minimum atomic E-state index is -0.516. The van der Waals surface area contributed by atoms with Crippen LogP contribution in [0.4, 0.5) is 10.6 Å². The Balaban J connectivity index is 2.15. The van der Waals surface area contributed by atoms with Crippen molar-refractivity contribution in [3.63, 3.8) is 0 Å². The number of fused-ring (bicyclic) bond motifs is 1. The molecule has 7 heteroatoms. The van der Waals surface area contributed by atoms with E-state index in [1.807, 2.05) is 0 Å². The first-order valence-corrected chi connectivity index (χ1v) is 6.01. The predicted molar refractivity (Wildman–Crippen MR) is 70.4 cm³/mol. The number of aromatic nitrogens is 2. The Morgan fingerprint density at radius 3 is 2.85 bits per heavy atom. The zero-order valence-corrected chi connectivity index (χ0v) is 10.4. The maximum atomic E-state index is 11.9. The number of carbonyl (C=O) groups is 3. The van der Waals surface area contributed by atoms with Gasteiger partial charge < -0.3 is 0 Å². The summed E-state index contributed by atoms with van der Waals surface area (Å²) in [6, 6.07) is 4.57. The Labute approximate surface area is 113 Å². The average molecular weight is 270 g/mol. The Morgan fingerprint density at radius 1 is 1.25 bits per heavy atom. The van der Waals surface area contributed by atoms with Crippen molar-refractivity contribution in [2.24, 2.45) is 0 Å². The number of rotatable bonds is 2. The first-order valence-electron chi connectivity index (χ1n) is 6.01. The summed E-state index contributed by atoms with van der Waals surface area (Å²) in [4.78, 5) is 43.6. The first-order chi connectivity index (χ1) is 9.70. The van der Waals surface area contributed by atoms with E-state index in [0.29, 0.717) is 28.6 Å². The van der Waals surface area contributed by atoms with E-state index in [1.165, 1.54) is 11.2 Å². The second kappa shape index (κ2) is 4.69. The minimum absolute atomic E-state index is 0.213. The van der Waals surface area contributed by atoms with Gasteiger partial charge >= 0.3 is 6.03 Å². The number of imide groups is 1. The third-order valence-electron chi connectivity index (χ3n) is 3.11. The molecule has 0 bridgehead atoms. The lowest BCUT2D eigenvalue weighted by Crippen LogP contribution is -2.50. The largest absolute Gasteiger partial charge is 0.329 e. The first kappa shape index (κ1) is 12.2. The third kappa shape index (κ3) is 1.89. The van der Waals surface area contributed by atoms with Crippen LogP contribution in [0.3, 0.4) is 0 Å². The number of hydrogen-bond donors (Lipinski definition) is 1. The van der Waals surface area contributed by atoms with E-state index in [4.69, 9.17) is 0 Å². The molecule has 2 aromatic rings. The van der Waals surface area contributed by atoms with Crippen molar-refractivity contribution in [3.05, 3.63) is 30.1 Å². The number of amides is 3. The topological polar surface area (TPSA) is 92.3 Å². The van der Waals surface area contributed by atoms with Gasteiger partial charge in [-0.2, -0.15) is 0 Å². The molecule has 0 radical (unpaired) electrons. The maximum absolute atomic E-state index is 11.9. The summed E-state index contributed by atoms with van der Waals surface area (Å²) in [6.45, 7) is 0.252. The van der Waals surface area contributed by atoms with Gasteiger partial charge in [0.15, 0.2) is 6.29 Å². The smallest absolute Gasteiger partial charge is 0.298 e. The van der Waals surface area contributed by atoms with Gasteiger partial charge in [-0.1, -0.05) is 6.07 Å². The lowest BCUT2D eigenvalue weighted by atomic mass is 10.1. The lowest BCUT2D eigenvalue weighted by molar-refractivity contribution is -0.120. The fourth-order valence-corrected chi connectivity index (χ4v) is 2.17. The molecule has 20 heavy (non-hydrogen) atoms. The van der Waals surface area contributed by atoms with Gasteiger partial charge in [-0.05, 0) is 12.1 Å². The van der Waals surface area contributed by atoms with Gasteiger partial charge in [-0.25, -0.2) is 14.8 Å². The molecule has 0 aliphatic carbocycles. The lowest BCUT2D eigenvalue weighted by Gasteiger charge is -2.26. The van der Waals surface area contributed by atoms with E-state index in [0.717, 1.165) is 0 Å². The van der Waals surface area contributed by atoms with Crippen molar-refractivity contribution in [1.82, 2.24) is 15.3 Å². The SMILES string of the molecule is O=Cc1cccc2c(N3CCC(=O)NC3=O)ncnc12. The number of nitrogens with zero attached hydrogens (tertiary/aromatic N) is 3. The van der Waals surface area contributed by atoms with Gasteiger partial charge in [0, 0.05) is 23.9 Å². The van der Waals surface area contributed by atoms with Crippen LogP contribution < -0.4 is 10.2 Å². The normalized spacial score (nSPS) is 15.3. The number of aldehydes is 1. The van der Waals surface area contributed by atoms with E-state index in [-0.39, 0.29) is 18.9 Å². The number of nitrogens with one attached hydrogen (secondary N) is 1. The zero-order chi connectivity index (χ0) is 14.1. The van der Waals surface area contributed by atoms with Gasteiger partial charge in [0.2, 0.25) is 5.91 Å². The fraction of sp³-hybridized carbons (Fsp3) is 0.154. The van der Waals surface area contributed by atoms with Gasteiger partial charge in [-0.3, -0.25) is 19.8 Å². The van der Waals surface area contributed by atoms with Crippen molar-refractivity contribution in [1.29, 1.82) is 0 Å². The highest BCUT2D eigenvalue weighted by molar-refractivity contribution is 6.09. The Morgan fingerprint density at radius 2 is 2.10 bits per heavy atom.